The van der Waals surface area contributed by atoms with E-state index in [-0.39, 0.29) is 5.78 Å². The van der Waals surface area contributed by atoms with E-state index in [1.165, 1.54) is 0 Å². The van der Waals surface area contributed by atoms with E-state index >= 15 is 0 Å². The second-order valence-electron chi connectivity index (χ2n) is 2.63. The molecule has 62 valence electrons. The van der Waals surface area contributed by atoms with Gasteiger partial charge in [0.05, 0.1) is 11.8 Å². The Morgan fingerprint density at radius 1 is 1.38 bits per heavy atom. The lowest BCUT2D eigenvalue weighted by Gasteiger charge is -2.09. The molecule has 1 aromatic rings. The molecule has 0 saturated heterocycles. The smallest absolute Gasteiger partial charge is 0.220 e. The Balaban J connectivity index is 2.56. The lowest BCUT2D eigenvalue weighted by molar-refractivity contribution is 0.0976. The predicted molar refractivity (Wildman–Crippen MR) is 44.7 cm³/mol. The summed E-state index contributed by atoms with van der Waals surface area (Å²) in [7, 11) is 0. The van der Waals surface area contributed by atoms with Crippen molar-refractivity contribution in [3.05, 3.63) is 29.8 Å². The van der Waals surface area contributed by atoms with Crippen LogP contribution in [0.3, 0.4) is 0 Å². The summed E-state index contributed by atoms with van der Waals surface area (Å²) in [5.74, 6) is -0.270. The zero-order valence-electron chi connectivity index (χ0n) is 6.64. The number of azo groups is 1. The normalized spacial score (nSPS) is 19.3. The zero-order chi connectivity index (χ0) is 9.26. The maximum Gasteiger partial charge on any atom is 0.220 e. The summed E-state index contributed by atoms with van der Waals surface area (Å²) >= 11 is 0. The number of hydrogen-bond acceptors (Lipinski definition) is 4. The summed E-state index contributed by atoms with van der Waals surface area (Å²) in [5, 5.41) is 15.9. The number of fused-ring (bicyclic) bond motifs is 1. The SMILES string of the molecule is N#CC1N=Nc2ccccc2C1=O. The lowest BCUT2D eigenvalue weighted by Crippen LogP contribution is -2.18. The summed E-state index contributed by atoms with van der Waals surface area (Å²) < 4.78 is 0. The van der Waals surface area contributed by atoms with Crippen LogP contribution in [0.5, 0.6) is 0 Å². The number of carbonyl (C=O) groups excluding carboxylic acids is 1. The van der Waals surface area contributed by atoms with Crippen LogP contribution < -0.4 is 0 Å². The van der Waals surface area contributed by atoms with Crippen molar-refractivity contribution in [1.82, 2.24) is 0 Å². The topological polar surface area (TPSA) is 65.6 Å². The minimum atomic E-state index is -0.963. The van der Waals surface area contributed by atoms with E-state index in [0.29, 0.717) is 11.3 Å². The molecular formula is C9H5N3O. The molecule has 4 heteroatoms. The minimum Gasteiger partial charge on any atom is -0.290 e. The summed E-state index contributed by atoms with van der Waals surface area (Å²) in [6.07, 6.45) is 0. The number of carbonyl (C=O) groups is 1. The van der Waals surface area contributed by atoms with Crippen molar-refractivity contribution in [3.8, 4) is 6.07 Å². The van der Waals surface area contributed by atoms with Gasteiger partial charge in [-0.1, -0.05) is 12.1 Å². The van der Waals surface area contributed by atoms with E-state index in [4.69, 9.17) is 5.26 Å². The average Bonchev–Trinajstić information content (AvgIpc) is 2.19. The van der Waals surface area contributed by atoms with Crippen molar-refractivity contribution in [2.45, 2.75) is 6.04 Å². The molecule has 0 aromatic heterocycles. The summed E-state index contributed by atoms with van der Waals surface area (Å²) in [4.78, 5) is 11.5. The van der Waals surface area contributed by atoms with Crippen LogP contribution in [0.2, 0.25) is 0 Å². The first-order chi connectivity index (χ1) is 6.33. The second-order valence-corrected chi connectivity index (χ2v) is 2.63. The number of benzene rings is 1. The molecule has 1 aliphatic heterocycles. The number of hydrogen-bond donors (Lipinski definition) is 0. The molecule has 0 amide bonds. The van der Waals surface area contributed by atoms with Crippen LogP contribution in [0.1, 0.15) is 10.4 Å². The third kappa shape index (κ3) is 1.11. The van der Waals surface area contributed by atoms with Gasteiger partial charge in [-0.3, -0.25) is 4.79 Å². The van der Waals surface area contributed by atoms with Crippen LogP contribution in [0.25, 0.3) is 0 Å². The molecular weight excluding hydrogens is 166 g/mol. The number of nitrogens with zero attached hydrogens (tertiary/aromatic N) is 3. The van der Waals surface area contributed by atoms with Gasteiger partial charge in [-0.2, -0.15) is 15.5 Å². The number of Topliss-reactive ketones (excluding diaryl/α,β-unsaturated/α-hetero) is 1. The largest absolute Gasteiger partial charge is 0.290 e. The van der Waals surface area contributed by atoms with Crippen molar-refractivity contribution in [2.75, 3.05) is 0 Å². The highest BCUT2D eigenvalue weighted by Gasteiger charge is 2.25. The van der Waals surface area contributed by atoms with Crippen molar-refractivity contribution in [3.63, 3.8) is 0 Å². The number of nitriles is 1. The first-order valence-electron chi connectivity index (χ1n) is 3.76. The number of ketones is 1. The fraction of sp³-hybridized carbons (Fsp3) is 0.111. The minimum absolute atomic E-state index is 0.270. The Morgan fingerprint density at radius 2 is 2.15 bits per heavy atom. The third-order valence-corrected chi connectivity index (χ3v) is 1.82. The molecule has 0 bridgehead atoms. The molecule has 0 saturated carbocycles. The Kier molecular flexibility index (Phi) is 1.64. The van der Waals surface area contributed by atoms with Gasteiger partial charge in [-0.15, -0.1) is 0 Å². The Morgan fingerprint density at radius 3 is 2.92 bits per heavy atom. The highest BCUT2D eigenvalue weighted by Crippen LogP contribution is 2.25. The van der Waals surface area contributed by atoms with Gasteiger partial charge >= 0.3 is 0 Å². The molecule has 0 aliphatic carbocycles. The van der Waals surface area contributed by atoms with Crippen LogP contribution >= 0.6 is 0 Å². The van der Waals surface area contributed by atoms with Gasteiger partial charge in [0.2, 0.25) is 11.8 Å². The molecule has 0 N–H and O–H groups in total. The third-order valence-electron chi connectivity index (χ3n) is 1.82. The van der Waals surface area contributed by atoms with Crippen molar-refractivity contribution in [1.29, 1.82) is 5.26 Å². The molecule has 0 spiro atoms. The first-order valence-corrected chi connectivity index (χ1v) is 3.76. The fourth-order valence-electron chi connectivity index (χ4n) is 1.17. The molecule has 13 heavy (non-hydrogen) atoms. The molecule has 1 aromatic carbocycles. The Bertz CT molecular complexity index is 431. The van der Waals surface area contributed by atoms with Gasteiger partial charge in [-0.25, -0.2) is 0 Å². The van der Waals surface area contributed by atoms with Crippen molar-refractivity contribution in [2.24, 2.45) is 10.2 Å². The molecule has 1 heterocycles. The molecule has 1 atom stereocenters. The van der Waals surface area contributed by atoms with Gasteiger partial charge in [-0.05, 0) is 12.1 Å². The van der Waals surface area contributed by atoms with E-state index in [9.17, 15) is 4.79 Å². The van der Waals surface area contributed by atoms with Gasteiger partial charge in [0.25, 0.3) is 0 Å². The highest BCUT2D eigenvalue weighted by molar-refractivity contribution is 6.06. The summed E-state index contributed by atoms with van der Waals surface area (Å²) in [6, 6.07) is 7.69. The van der Waals surface area contributed by atoms with Gasteiger partial charge < -0.3 is 0 Å². The Hall–Kier alpha value is -2.02. The van der Waals surface area contributed by atoms with Crippen LogP contribution in [0.4, 0.5) is 5.69 Å². The molecule has 0 fully saturated rings. The van der Waals surface area contributed by atoms with E-state index in [1.807, 2.05) is 0 Å². The van der Waals surface area contributed by atoms with E-state index in [1.54, 1.807) is 30.3 Å². The number of rotatable bonds is 0. The fourth-order valence-corrected chi connectivity index (χ4v) is 1.17. The average molecular weight is 171 g/mol. The molecule has 1 unspecified atom stereocenters. The lowest BCUT2D eigenvalue weighted by atomic mass is 10.0. The Labute approximate surface area is 74.5 Å². The van der Waals surface area contributed by atoms with E-state index in [0.717, 1.165) is 0 Å². The van der Waals surface area contributed by atoms with E-state index in [2.05, 4.69) is 10.2 Å². The molecule has 1 aliphatic rings. The van der Waals surface area contributed by atoms with Gasteiger partial charge in [0.15, 0.2) is 0 Å². The van der Waals surface area contributed by atoms with Gasteiger partial charge in [0.1, 0.15) is 0 Å². The van der Waals surface area contributed by atoms with Crippen LogP contribution in [0.15, 0.2) is 34.5 Å². The van der Waals surface area contributed by atoms with Gasteiger partial charge in [0, 0.05) is 5.56 Å². The van der Waals surface area contributed by atoms with Crippen molar-refractivity contribution >= 4 is 11.5 Å². The predicted octanol–water partition coefficient (Wildman–Crippen LogP) is 1.86. The molecule has 0 radical (unpaired) electrons. The van der Waals surface area contributed by atoms with Crippen LogP contribution in [-0.4, -0.2) is 11.8 Å². The van der Waals surface area contributed by atoms with E-state index < -0.39 is 6.04 Å². The maximum atomic E-state index is 11.5. The zero-order valence-corrected chi connectivity index (χ0v) is 6.64. The highest BCUT2D eigenvalue weighted by atomic mass is 16.1. The quantitative estimate of drug-likeness (QED) is 0.597. The standard InChI is InChI=1S/C9H5N3O/c10-5-8-9(13)6-3-1-2-4-7(6)11-12-8/h1-4,8H. The second kappa shape index (κ2) is 2.79. The summed E-state index contributed by atoms with van der Waals surface area (Å²) in [6.45, 7) is 0. The van der Waals surface area contributed by atoms with Crippen LogP contribution in [-0.2, 0) is 0 Å². The monoisotopic (exact) mass is 171 g/mol. The molecule has 2 rings (SSSR count). The first kappa shape index (κ1) is 7.62. The molecule has 4 nitrogen and oxygen atoms in total. The van der Waals surface area contributed by atoms with Crippen LogP contribution in [0, 0.1) is 11.3 Å². The van der Waals surface area contributed by atoms with Crippen molar-refractivity contribution < 1.29 is 4.79 Å². The maximum absolute atomic E-state index is 11.5. The summed E-state index contributed by atoms with van der Waals surface area (Å²) in [5.41, 5.74) is 1.02.